The molecule has 136 valence electrons. The van der Waals surface area contributed by atoms with Crippen LogP contribution in [0.1, 0.15) is 24.8 Å². The predicted molar refractivity (Wildman–Crippen MR) is 94.0 cm³/mol. The molecule has 6 nitrogen and oxygen atoms in total. The van der Waals surface area contributed by atoms with Gasteiger partial charge in [0.2, 0.25) is 10.0 Å². The second kappa shape index (κ2) is 9.36. The molecular formula is C17H28N2O4S. The number of ether oxygens (including phenoxy) is 2. The quantitative estimate of drug-likeness (QED) is 0.683. The lowest BCUT2D eigenvalue weighted by Crippen LogP contribution is -2.37. The third-order valence-electron chi connectivity index (χ3n) is 4.17. The third-order valence-corrected chi connectivity index (χ3v) is 5.63. The molecule has 0 saturated carbocycles. The van der Waals surface area contributed by atoms with Crippen LogP contribution in [-0.4, -0.2) is 59.8 Å². The summed E-state index contributed by atoms with van der Waals surface area (Å²) in [6, 6.07) is 4.92. The van der Waals surface area contributed by atoms with E-state index in [1.54, 1.807) is 25.3 Å². The van der Waals surface area contributed by atoms with E-state index >= 15 is 0 Å². The van der Waals surface area contributed by atoms with Gasteiger partial charge in [0.15, 0.2) is 0 Å². The first-order valence-electron chi connectivity index (χ1n) is 8.47. The second-order valence-electron chi connectivity index (χ2n) is 6.07. The van der Waals surface area contributed by atoms with Crippen molar-refractivity contribution < 1.29 is 17.9 Å². The Morgan fingerprint density at radius 1 is 1.17 bits per heavy atom. The number of nitrogens with one attached hydrogen (secondary N) is 1. The fourth-order valence-electron chi connectivity index (χ4n) is 2.79. The SMILES string of the molecule is COCCOc1ccc(S(=O)(=O)NCCN2CCCCC2)cc1C. The van der Waals surface area contributed by atoms with Gasteiger partial charge in [-0.15, -0.1) is 0 Å². The van der Waals surface area contributed by atoms with Crippen LogP contribution in [0.4, 0.5) is 0 Å². The molecule has 0 aromatic heterocycles. The van der Waals surface area contributed by atoms with E-state index in [9.17, 15) is 8.42 Å². The minimum atomic E-state index is -3.48. The standard InChI is InChI=1S/C17H28N2O4S/c1-15-14-16(6-7-17(15)23-13-12-22-2)24(20,21)18-8-11-19-9-4-3-5-10-19/h6-7,14,18H,3-5,8-13H2,1-2H3. The number of aryl methyl sites for hydroxylation is 1. The van der Waals surface area contributed by atoms with E-state index in [0.29, 0.717) is 25.5 Å². The van der Waals surface area contributed by atoms with Crippen LogP contribution < -0.4 is 9.46 Å². The number of nitrogens with zero attached hydrogens (tertiary/aromatic N) is 1. The molecule has 0 spiro atoms. The van der Waals surface area contributed by atoms with Crippen LogP contribution in [0.2, 0.25) is 0 Å². The normalized spacial score (nSPS) is 16.2. The largest absolute Gasteiger partial charge is 0.491 e. The molecule has 2 rings (SSSR count). The van der Waals surface area contributed by atoms with E-state index in [1.807, 2.05) is 6.92 Å². The van der Waals surface area contributed by atoms with Gasteiger partial charge in [0.1, 0.15) is 12.4 Å². The van der Waals surface area contributed by atoms with Crippen molar-refractivity contribution in [3.8, 4) is 5.75 Å². The highest BCUT2D eigenvalue weighted by atomic mass is 32.2. The maximum atomic E-state index is 12.4. The molecule has 0 atom stereocenters. The summed E-state index contributed by atoms with van der Waals surface area (Å²) in [6.45, 7) is 6.11. The van der Waals surface area contributed by atoms with Gasteiger partial charge in [-0.3, -0.25) is 0 Å². The van der Waals surface area contributed by atoms with Gasteiger partial charge in [-0.1, -0.05) is 6.42 Å². The Morgan fingerprint density at radius 2 is 1.92 bits per heavy atom. The second-order valence-corrected chi connectivity index (χ2v) is 7.84. The van der Waals surface area contributed by atoms with Gasteiger partial charge >= 0.3 is 0 Å². The molecule has 24 heavy (non-hydrogen) atoms. The number of methoxy groups -OCH3 is 1. The highest BCUT2D eigenvalue weighted by molar-refractivity contribution is 7.89. The third kappa shape index (κ3) is 5.73. The molecule has 1 aromatic rings. The summed E-state index contributed by atoms with van der Waals surface area (Å²) in [5.41, 5.74) is 0.796. The zero-order chi connectivity index (χ0) is 17.4. The number of hydrogen-bond donors (Lipinski definition) is 1. The molecule has 1 aliphatic rings. The highest BCUT2D eigenvalue weighted by Gasteiger charge is 2.16. The van der Waals surface area contributed by atoms with Crippen molar-refractivity contribution in [3.05, 3.63) is 23.8 Å². The molecule has 1 heterocycles. The maximum Gasteiger partial charge on any atom is 0.240 e. The molecule has 0 bridgehead atoms. The molecule has 0 amide bonds. The van der Waals surface area contributed by atoms with Crippen LogP contribution >= 0.6 is 0 Å². The van der Waals surface area contributed by atoms with Gasteiger partial charge in [-0.05, 0) is 56.6 Å². The molecular weight excluding hydrogens is 328 g/mol. The average Bonchev–Trinajstić information content (AvgIpc) is 2.57. The molecule has 7 heteroatoms. The molecule has 1 aromatic carbocycles. The number of likely N-dealkylation sites (tertiary alicyclic amines) is 1. The minimum Gasteiger partial charge on any atom is -0.491 e. The Labute approximate surface area is 145 Å². The summed E-state index contributed by atoms with van der Waals surface area (Å²) in [5, 5.41) is 0. The van der Waals surface area contributed by atoms with E-state index < -0.39 is 10.0 Å². The van der Waals surface area contributed by atoms with Gasteiger partial charge in [0.25, 0.3) is 0 Å². The monoisotopic (exact) mass is 356 g/mol. The van der Waals surface area contributed by atoms with Gasteiger partial charge in [-0.25, -0.2) is 13.1 Å². The van der Waals surface area contributed by atoms with E-state index in [0.717, 1.165) is 25.2 Å². The minimum absolute atomic E-state index is 0.276. The molecule has 1 N–H and O–H groups in total. The topological polar surface area (TPSA) is 67.9 Å². The Kier molecular flexibility index (Phi) is 7.48. The van der Waals surface area contributed by atoms with Crippen LogP contribution in [0, 0.1) is 6.92 Å². The molecule has 1 aliphatic heterocycles. The lowest BCUT2D eigenvalue weighted by molar-refractivity contribution is 0.146. The van der Waals surface area contributed by atoms with E-state index in [2.05, 4.69) is 9.62 Å². The van der Waals surface area contributed by atoms with Gasteiger partial charge in [-0.2, -0.15) is 0 Å². The van der Waals surface area contributed by atoms with Crippen LogP contribution in [0.25, 0.3) is 0 Å². The van der Waals surface area contributed by atoms with Gasteiger partial charge in [0.05, 0.1) is 11.5 Å². The highest BCUT2D eigenvalue weighted by Crippen LogP contribution is 2.21. The van der Waals surface area contributed by atoms with Crippen molar-refractivity contribution in [1.82, 2.24) is 9.62 Å². The Balaban J connectivity index is 1.89. The Hall–Kier alpha value is -1.15. The fourth-order valence-corrected chi connectivity index (χ4v) is 3.90. The summed E-state index contributed by atoms with van der Waals surface area (Å²) in [6.07, 6.45) is 3.69. The average molecular weight is 356 g/mol. The number of benzene rings is 1. The van der Waals surface area contributed by atoms with Crippen LogP contribution in [-0.2, 0) is 14.8 Å². The Morgan fingerprint density at radius 3 is 2.58 bits per heavy atom. The lowest BCUT2D eigenvalue weighted by atomic mass is 10.1. The maximum absolute atomic E-state index is 12.4. The Bertz CT molecular complexity index is 613. The summed E-state index contributed by atoms with van der Waals surface area (Å²) >= 11 is 0. The van der Waals surface area contributed by atoms with Crippen LogP contribution in [0.5, 0.6) is 5.75 Å². The van der Waals surface area contributed by atoms with Crippen molar-refractivity contribution in [2.24, 2.45) is 0 Å². The predicted octanol–water partition coefficient (Wildman–Crippen LogP) is 1.78. The van der Waals surface area contributed by atoms with Crippen LogP contribution in [0.15, 0.2) is 23.1 Å². The van der Waals surface area contributed by atoms with Crippen molar-refractivity contribution in [3.63, 3.8) is 0 Å². The molecule has 0 radical (unpaired) electrons. The number of piperidine rings is 1. The zero-order valence-corrected chi connectivity index (χ0v) is 15.4. The number of rotatable bonds is 9. The number of sulfonamides is 1. The molecule has 0 unspecified atom stereocenters. The summed E-state index contributed by atoms with van der Waals surface area (Å²) in [5.74, 6) is 0.680. The van der Waals surface area contributed by atoms with Gasteiger partial charge < -0.3 is 14.4 Å². The van der Waals surface area contributed by atoms with Crippen LogP contribution in [0.3, 0.4) is 0 Å². The first-order valence-corrected chi connectivity index (χ1v) is 9.95. The summed E-state index contributed by atoms with van der Waals surface area (Å²) in [4.78, 5) is 2.59. The summed E-state index contributed by atoms with van der Waals surface area (Å²) in [7, 11) is -1.87. The number of hydrogen-bond acceptors (Lipinski definition) is 5. The molecule has 1 fully saturated rings. The van der Waals surface area contributed by atoms with E-state index in [4.69, 9.17) is 9.47 Å². The smallest absolute Gasteiger partial charge is 0.240 e. The fraction of sp³-hybridized carbons (Fsp3) is 0.647. The summed E-state index contributed by atoms with van der Waals surface area (Å²) < 4.78 is 38.0. The van der Waals surface area contributed by atoms with Gasteiger partial charge in [0, 0.05) is 20.2 Å². The van der Waals surface area contributed by atoms with Crippen molar-refractivity contribution in [2.45, 2.75) is 31.1 Å². The van der Waals surface area contributed by atoms with Crippen molar-refractivity contribution >= 4 is 10.0 Å². The van der Waals surface area contributed by atoms with Crippen molar-refractivity contribution in [1.29, 1.82) is 0 Å². The molecule has 0 aliphatic carbocycles. The van der Waals surface area contributed by atoms with Crippen molar-refractivity contribution in [2.75, 3.05) is 46.5 Å². The van der Waals surface area contributed by atoms with E-state index in [1.165, 1.54) is 19.3 Å². The zero-order valence-electron chi connectivity index (χ0n) is 14.6. The lowest BCUT2D eigenvalue weighted by Gasteiger charge is -2.26. The van der Waals surface area contributed by atoms with E-state index in [-0.39, 0.29) is 4.90 Å². The first-order chi connectivity index (χ1) is 11.5. The molecule has 1 saturated heterocycles. The first kappa shape index (κ1) is 19.2.